The molecule has 11 nitrogen and oxygen atoms in total. The van der Waals surface area contributed by atoms with Gasteiger partial charge in [-0.25, -0.2) is 0 Å². The van der Waals surface area contributed by atoms with Crippen LogP contribution in [0.4, 0.5) is 5.69 Å². The zero-order chi connectivity index (χ0) is 31.5. The number of primary amides is 1. The average molecular weight is 588 g/mol. The topological polar surface area (TPSA) is 168 Å². The van der Waals surface area contributed by atoms with E-state index in [-0.39, 0.29) is 24.0 Å². The molecule has 4 N–H and O–H groups in total. The molecule has 2 unspecified atom stereocenters. The first-order valence-corrected chi connectivity index (χ1v) is 13.8. The number of phenols is 1. The van der Waals surface area contributed by atoms with Gasteiger partial charge in [-0.15, -0.1) is 0 Å². The zero-order valence-electron chi connectivity index (χ0n) is 24.5. The Kier molecular flexibility index (Phi) is 7.40. The number of carbonyl (C=O) groups is 5. The van der Waals surface area contributed by atoms with Gasteiger partial charge in [0, 0.05) is 31.3 Å². The van der Waals surface area contributed by atoms with Crippen molar-refractivity contribution in [3.63, 3.8) is 0 Å². The van der Waals surface area contributed by atoms with Crippen molar-refractivity contribution in [3.8, 4) is 23.3 Å². The first-order valence-electron chi connectivity index (χ1n) is 13.8. The smallest absolute Gasteiger partial charge is 0.235 e. The van der Waals surface area contributed by atoms with E-state index in [9.17, 15) is 34.2 Å². The maximum Gasteiger partial charge on any atom is 0.235 e. The third-order valence-corrected chi connectivity index (χ3v) is 8.95. The van der Waals surface area contributed by atoms with Gasteiger partial charge in [-0.3, -0.25) is 28.9 Å². The van der Waals surface area contributed by atoms with Gasteiger partial charge in [0.15, 0.2) is 34.7 Å². The normalized spacial score (nSPS) is 27.9. The number of Topliss-reactive ketones (excluding diaryl/α,β-unsaturated/α-hetero) is 4. The number of aromatic hydroxyl groups is 1. The van der Waals surface area contributed by atoms with Crippen molar-refractivity contribution in [1.29, 1.82) is 0 Å². The molecule has 3 aliphatic rings. The minimum atomic E-state index is -2.78. The number of hydrogen-bond donors (Lipinski definition) is 3. The molecule has 0 saturated heterocycles. The van der Waals surface area contributed by atoms with Gasteiger partial charge in [-0.2, -0.15) is 0 Å². The molecule has 0 spiro atoms. The Hall–Kier alpha value is -4.53. The van der Waals surface area contributed by atoms with Crippen molar-refractivity contribution in [1.82, 2.24) is 4.90 Å². The van der Waals surface area contributed by atoms with Crippen molar-refractivity contribution in [3.05, 3.63) is 52.6 Å². The number of methoxy groups -OCH3 is 1. The summed E-state index contributed by atoms with van der Waals surface area (Å²) in [4.78, 5) is 70.3. The molecule has 2 fully saturated rings. The Morgan fingerprint density at radius 1 is 1.05 bits per heavy atom. The second-order valence-corrected chi connectivity index (χ2v) is 11.8. The summed E-state index contributed by atoms with van der Waals surface area (Å²) < 4.78 is 5.17. The van der Waals surface area contributed by atoms with Crippen LogP contribution in [0.25, 0.3) is 0 Å². The number of anilines is 1. The average Bonchev–Trinajstić information content (AvgIpc) is 2.94. The van der Waals surface area contributed by atoms with E-state index in [0.717, 1.165) is 0 Å². The predicted molar refractivity (Wildman–Crippen MR) is 155 cm³/mol. The van der Waals surface area contributed by atoms with Crippen LogP contribution in [-0.2, 0) is 25.6 Å². The molecular weight excluding hydrogens is 554 g/mol. The summed E-state index contributed by atoms with van der Waals surface area (Å²) in [6.07, 6.45) is 0.148. The minimum absolute atomic E-state index is 0.0173. The summed E-state index contributed by atoms with van der Waals surface area (Å²) in [6.45, 7) is 0. The highest BCUT2D eigenvalue weighted by Crippen LogP contribution is 2.52. The summed E-state index contributed by atoms with van der Waals surface area (Å²) in [5.41, 5.74) is 4.42. The molecule has 0 radical (unpaired) electrons. The molecule has 2 aromatic rings. The van der Waals surface area contributed by atoms with E-state index in [1.807, 2.05) is 0 Å². The number of hydrogen-bond acceptors (Lipinski definition) is 10. The lowest BCUT2D eigenvalue weighted by Gasteiger charge is -2.52. The van der Waals surface area contributed by atoms with Crippen LogP contribution in [0.5, 0.6) is 11.5 Å². The van der Waals surface area contributed by atoms with E-state index >= 15 is 0 Å². The van der Waals surface area contributed by atoms with Gasteiger partial charge in [0.25, 0.3) is 0 Å². The Labute approximate surface area is 248 Å². The zero-order valence-corrected chi connectivity index (χ0v) is 24.5. The SMILES string of the molecule is COc1ccc(C#Cc2cc(N(C)C)c3c(c2O)C(=O)C2C(=O)[C@]4(O)C(=O)C(C(N)=O)C(=O)[C@@H](N(C)C)[C@@H]4C[C@@H]2C3)cc1. The lowest BCUT2D eigenvalue weighted by molar-refractivity contribution is -0.181. The first-order chi connectivity index (χ1) is 20.2. The number of nitrogens with two attached hydrogens (primary N) is 1. The predicted octanol–water partition coefficient (Wildman–Crippen LogP) is 0.341. The molecule has 5 rings (SSSR count). The van der Waals surface area contributed by atoms with E-state index in [1.54, 1.807) is 70.5 Å². The first kappa shape index (κ1) is 29.9. The number of ketones is 4. The van der Waals surface area contributed by atoms with Crippen LogP contribution in [0.15, 0.2) is 30.3 Å². The largest absolute Gasteiger partial charge is 0.506 e. The second kappa shape index (κ2) is 10.6. The van der Waals surface area contributed by atoms with E-state index in [1.165, 1.54) is 4.90 Å². The van der Waals surface area contributed by atoms with Crippen molar-refractivity contribution < 1.29 is 38.9 Å². The van der Waals surface area contributed by atoms with E-state index < -0.39 is 70.1 Å². The summed E-state index contributed by atoms with van der Waals surface area (Å²) >= 11 is 0. The number of carbonyl (C=O) groups excluding carboxylic acids is 5. The highest BCUT2D eigenvalue weighted by molar-refractivity contribution is 6.32. The maximum absolute atomic E-state index is 14.1. The van der Waals surface area contributed by atoms with Gasteiger partial charge < -0.3 is 25.6 Å². The standard InChI is InChI=1S/C32H33N3O8/c1-34(2)21-14-16(9-6-15-7-10-18(43-5)11-8-15)26(36)23-19(21)12-17-13-20-25(35(3)4)28(38)24(31(33)41)30(40)32(20,42)29(39)22(17)27(23)37/h7-8,10-11,14,17,20,22,24-25,36,42H,12-13H2,1-5H3,(H2,33,41)/t17-,20-,22?,24?,25-,32-/m0/s1. The summed E-state index contributed by atoms with van der Waals surface area (Å²) in [6, 6.07) is 7.48. The van der Waals surface area contributed by atoms with E-state index in [0.29, 0.717) is 22.6 Å². The Balaban J connectivity index is 1.63. The van der Waals surface area contributed by atoms with Gasteiger partial charge in [0.2, 0.25) is 5.91 Å². The molecule has 0 heterocycles. The summed E-state index contributed by atoms with van der Waals surface area (Å²) in [5, 5.41) is 23.1. The molecule has 6 atom stereocenters. The number of rotatable bonds is 4. The number of fused-ring (bicyclic) bond motifs is 3. The van der Waals surface area contributed by atoms with Gasteiger partial charge >= 0.3 is 0 Å². The van der Waals surface area contributed by atoms with Crippen molar-refractivity contribution in [2.75, 3.05) is 40.2 Å². The number of nitrogens with zero attached hydrogens (tertiary/aromatic N) is 2. The number of aliphatic hydroxyl groups is 1. The highest BCUT2D eigenvalue weighted by atomic mass is 16.5. The Bertz CT molecular complexity index is 1630. The second-order valence-electron chi connectivity index (χ2n) is 11.8. The number of phenolic OH excluding ortho intramolecular Hbond substituents is 1. The molecule has 0 aliphatic heterocycles. The summed E-state index contributed by atoms with van der Waals surface area (Å²) in [7, 11) is 8.20. The van der Waals surface area contributed by atoms with Gasteiger partial charge in [0.05, 0.1) is 30.2 Å². The molecule has 11 heteroatoms. The van der Waals surface area contributed by atoms with E-state index in [2.05, 4.69) is 11.8 Å². The van der Waals surface area contributed by atoms with Crippen LogP contribution in [-0.4, -0.2) is 91.1 Å². The minimum Gasteiger partial charge on any atom is -0.506 e. The molecule has 0 aromatic heterocycles. The number of amides is 1. The maximum atomic E-state index is 14.1. The van der Waals surface area contributed by atoms with E-state index in [4.69, 9.17) is 10.5 Å². The van der Waals surface area contributed by atoms with Crippen molar-refractivity contribution >= 4 is 34.7 Å². The third-order valence-electron chi connectivity index (χ3n) is 8.95. The van der Waals surface area contributed by atoms with Crippen molar-refractivity contribution in [2.24, 2.45) is 29.4 Å². The molecular formula is C32H33N3O8. The fourth-order valence-electron chi connectivity index (χ4n) is 6.96. The number of likely N-dealkylation sites (N-methyl/N-ethyl adjacent to an activating group) is 1. The van der Waals surface area contributed by atoms with Crippen LogP contribution in [0.3, 0.4) is 0 Å². The van der Waals surface area contributed by atoms with Crippen LogP contribution in [0.1, 0.15) is 33.5 Å². The molecule has 3 aliphatic carbocycles. The Morgan fingerprint density at radius 3 is 2.26 bits per heavy atom. The lowest BCUT2D eigenvalue weighted by atomic mass is 9.52. The molecule has 2 aromatic carbocycles. The van der Waals surface area contributed by atoms with Crippen LogP contribution >= 0.6 is 0 Å². The van der Waals surface area contributed by atoms with Crippen molar-refractivity contribution in [2.45, 2.75) is 24.5 Å². The quantitative estimate of drug-likeness (QED) is 0.335. The molecule has 1 amide bonds. The molecule has 2 saturated carbocycles. The van der Waals surface area contributed by atoms with Gasteiger partial charge in [-0.1, -0.05) is 11.8 Å². The van der Waals surface area contributed by atoms with Crippen LogP contribution in [0.2, 0.25) is 0 Å². The molecule has 43 heavy (non-hydrogen) atoms. The Morgan fingerprint density at radius 2 is 1.70 bits per heavy atom. The highest BCUT2D eigenvalue weighted by Gasteiger charge is 2.69. The fourth-order valence-corrected chi connectivity index (χ4v) is 6.96. The number of ether oxygens (including phenoxy) is 1. The van der Waals surface area contributed by atoms with Crippen LogP contribution in [0, 0.1) is 35.5 Å². The van der Waals surface area contributed by atoms with Gasteiger partial charge in [-0.05, 0) is 68.8 Å². The third kappa shape index (κ3) is 4.49. The summed E-state index contributed by atoms with van der Waals surface area (Å²) in [5.74, 6) is -4.41. The van der Waals surface area contributed by atoms with Crippen LogP contribution < -0.4 is 15.4 Å². The molecule has 224 valence electrons. The number of benzene rings is 2. The molecule has 0 bridgehead atoms. The fraction of sp³-hybridized carbons (Fsp3) is 0.406. The van der Waals surface area contributed by atoms with Gasteiger partial charge in [0.1, 0.15) is 11.5 Å². The monoisotopic (exact) mass is 587 g/mol. The lowest BCUT2D eigenvalue weighted by Crippen LogP contribution is -2.74.